The molecule has 1 aromatic rings. The second-order valence-electron chi connectivity index (χ2n) is 5.52. The van der Waals surface area contributed by atoms with Gasteiger partial charge in [-0.15, -0.1) is 0 Å². The molecule has 0 saturated carbocycles. The van der Waals surface area contributed by atoms with E-state index in [9.17, 15) is 43.2 Å². The number of carbonyl (C=O) groups is 6. The van der Waals surface area contributed by atoms with Crippen molar-refractivity contribution in [1.82, 2.24) is 13.7 Å². The van der Waals surface area contributed by atoms with Crippen molar-refractivity contribution in [3.05, 3.63) is 69.4 Å². The van der Waals surface area contributed by atoms with E-state index < -0.39 is 52.5 Å². The Bertz CT molecular complexity index is 976. The fourth-order valence-electron chi connectivity index (χ4n) is 2.44. The Morgan fingerprint density at radius 2 is 0.767 bits per heavy atom. The van der Waals surface area contributed by atoms with Crippen LogP contribution in [0.5, 0.6) is 0 Å². The van der Waals surface area contributed by atoms with Gasteiger partial charge in [-0.3, -0.25) is 14.4 Å². The molecule has 30 heavy (non-hydrogen) atoms. The van der Waals surface area contributed by atoms with Gasteiger partial charge in [-0.25, -0.2) is 28.1 Å². The number of carbonyl (C=O) groups excluding carboxylic acids is 6. The van der Waals surface area contributed by atoms with Gasteiger partial charge < -0.3 is 14.4 Å². The molecule has 3 unspecified atom stereocenters. The van der Waals surface area contributed by atoms with E-state index in [1.54, 1.807) is 0 Å². The van der Waals surface area contributed by atoms with Crippen LogP contribution in [0, 0.1) is 0 Å². The second kappa shape index (κ2) is 9.73. The molecule has 1 aromatic heterocycles. The van der Waals surface area contributed by atoms with Gasteiger partial charge in [0, 0.05) is 0 Å². The topological polar surface area (TPSA) is 168 Å². The molecule has 0 aliphatic carbocycles. The molecule has 0 radical (unpaired) electrons. The van der Waals surface area contributed by atoms with Crippen LogP contribution in [0.1, 0.15) is 18.1 Å². The summed E-state index contributed by atoms with van der Waals surface area (Å²) in [4.78, 5) is 108. The van der Waals surface area contributed by atoms with E-state index >= 15 is 0 Å². The summed E-state index contributed by atoms with van der Waals surface area (Å²) in [5.74, 6) is -3.47. The summed E-state index contributed by atoms with van der Waals surface area (Å²) in [5, 5.41) is 0. The minimum absolute atomic E-state index is 0.0713. The van der Waals surface area contributed by atoms with E-state index in [-0.39, 0.29) is 32.6 Å². The molecule has 1 rings (SSSR count). The first kappa shape index (κ1) is 23.7. The molecule has 3 atom stereocenters. The highest BCUT2D eigenvalue weighted by molar-refractivity contribution is 6.03. The van der Waals surface area contributed by atoms with E-state index in [0.29, 0.717) is 18.2 Å². The van der Waals surface area contributed by atoms with Gasteiger partial charge in [0.25, 0.3) is 0 Å². The lowest BCUT2D eigenvalue weighted by molar-refractivity contribution is -0.123. The first-order chi connectivity index (χ1) is 14.2. The molecule has 0 saturated heterocycles. The molecule has 0 spiro atoms. The van der Waals surface area contributed by atoms with Gasteiger partial charge in [0.1, 0.15) is 0 Å². The van der Waals surface area contributed by atoms with Crippen molar-refractivity contribution >= 4 is 36.2 Å². The number of hydrogen-bond donors (Lipinski definition) is 0. The summed E-state index contributed by atoms with van der Waals surface area (Å²) in [6.45, 7) is 9.34. The third-order valence-corrected chi connectivity index (χ3v) is 3.94. The zero-order valence-electron chi connectivity index (χ0n) is 15.3. The van der Waals surface area contributed by atoms with Crippen molar-refractivity contribution in [3.8, 4) is 0 Å². The van der Waals surface area contributed by atoms with E-state index in [1.807, 2.05) is 0 Å². The third-order valence-electron chi connectivity index (χ3n) is 3.94. The van der Waals surface area contributed by atoms with Crippen molar-refractivity contribution in [3.63, 3.8) is 0 Å². The van der Waals surface area contributed by atoms with E-state index in [2.05, 4.69) is 19.7 Å². The lowest BCUT2D eigenvalue weighted by Gasteiger charge is -2.19. The molecule has 12 heteroatoms. The number of ketones is 3. The smallest absolute Gasteiger partial charge is 0.301 e. The van der Waals surface area contributed by atoms with Crippen molar-refractivity contribution in [2.75, 3.05) is 0 Å². The maximum atomic E-state index is 12.8. The van der Waals surface area contributed by atoms with Gasteiger partial charge in [0.15, 0.2) is 54.3 Å². The molecule has 0 fully saturated rings. The number of hydrogen-bond acceptors (Lipinski definition) is 9. The molecule has 156 valence electrons. The predicted octanol–water partition coefficient (Wildman–Crippen LogP) is -2.34. The average molecular weight is 417 g/mol. The Morgan fingerprint density at radius 1 is 0.567 bits per heavy atom. The van der Waals surface area contributed by atoms with Crippen LogP contribution in [0.15, 0.2) is 52.3 Å². The minimum Gasteiger partial charge on any atom is -0.301 e. The highest BCUT2D eigenvalue weighted by Crippen LogP contribution is 2.05. The number of aromatic nitrogens is 3. The van der Waals surface area contributed by atoms with Crippen LogP contribution in [0.25, 0.3) is 0 Å². The Labute approximate surface area is 167 Å². The molecule has 0 aliphatic rings. The fourth-order valence-corrected chi connectivity index (χ4v) is 2.44. The quantitative estimate of drug-likeness (QED) is 0.205. The Hall–Kier alpha value is -4.35. The van der Waals surface area contributed by atoms with Gasteiger partial charge >= 0.3 is 17.1 Å². The maximum absolute atomic E-state index is 12.8. The highest BCUT2D eigenvalue weighted by atomic mass is 16.2. The molecule has 1 heterocycles. The van der Waals surface area contributed by atoms with Crippen LogP contribution in [0.4, 0.5) is 0 Å². The number of allylic oxidation sites excluding steroid dienone is 3. The van der Waals surface area contributed by atoms with E-state index in [4.69, 9.17) is 0 Å². The Kier molecular flexibility index (Phi) is 7.68. The van der Waals surface area contributed by atoms with Crippen molar-refractivity contribution in [1.29, 1.82) is 0 Å². The molecule has 0 amide bonds. The van der Waals surface area contributed by atoms with Crippen LogP contribution in [0.2, 0.25) is 0 Å². The summed E-state index contributed by atoms with van der Waals surface area (Å²) in [6, 6.07) is -6.46. The number of rotatable bonds is 12. The van der Waals surface area contributed by atoms with E-state index in [0.717, 1.165) is 0 Å². The molecule has 0 bridgehead atoms. The van der Waals surface area contributed by atoms with Crippen LogP contribution in [-0.4, -0.2) is 49.9 Å². The number of aldehydes is 3. The zero-order chi connectivity index (χ0) is 23.2. The summed E-state index contributed by atoms with van der Waals surface area (Å²) in [7, 11) is 0. The standard InChI is InChI=1S/C18H15N3O9/c1-4-13(25)10(7-22)19-16(28)20(11(8-23)14(26)5-2)18(30)21(17(19)29)12(9-24)15(27)6-3/h4-12H,1-3H2. The van der Waals surface area contributed by atoms with Crippen molar-refractivity contribution in [2.24, 2.45) is 0 Å². The van der Waals surface area contributed by atoms with Crippen molar-refractivity contribution in [2.45, 2.75) is 18.1 Å². The fraction of sp³-hybridized carbons (Fsp3) is 0.167. The van der Waals surface area contributed by atoms with Crippen LogP contribution in [0.3, 0.4) is 0 Å². The van der Waals surface area contributed by atoms with Gasteiger partial charge in [-0.1, -0.05) is 19.7 Å². The first-order valence-corrected chi connectivity index (χ1v) is 8.00. The summed E-state index contributed by atoms with van der Waals surface area (Å²) in [5.41, 5.74) is -5.05. The van der Waals surface area contributed by atoms with Crippen LogP contribution < -0.4 is 17.1 Å². The van der Waals surface area contributed by atoms with Crippen molar-refractivity contribution < 1.29 is 28.8 Å². The third kappa shape index (κ3) is 3.92. The molecule has 12 nitrogen and oxygen atoms in total. The lowest BCUT2D eigenvalue weighted by atomic mass is 10.2. The lowest BCUT2D eigenvalue weighted by Crippen LogP contribution is -2.59. The largest absolute Gasteiger partial charge is 0.338 e. The van der Waals surface area contributed by atoms with Gasteiger partial charge in [-0.2, -0.15) is 0 Å². The normalized spacial score (nSPS) is 13.2. The zero-order valence-corrected chi connectivity index (χ0v) is 15.3. The second-order valence-corrected chi connectivity index (χ2v) is 5.52. The molecule has 0 N–H and O–H groups in total. The first-order valence-electron chi connectivity index (χ1n) is 8.00. The summed E-state index contributed by atoms with van der Waals surface area (Å²) < 4.78 is -0.214. The molecular weight excluding hydrogens is 402 g/mol. The summed E-state index contributed by atoms with van der Waals surface area (Å²) >= 11 is 0. The molecular formula is C18H15N3O9. The van der Waals surface area contributed by atoms with Gasteiger partial charge in [0.2, 0.25) is 0 Å². The minimum atomic E-state index is -2.15. The molecule has 0 aliphatic heterocycles. The SMILES string of the molecule is C=CC(=O)C(C=O)n1c(=O)n(C(C=O)C(=O)C=C)c(=O)n(C(C=O)C(=O)C=C)c1=O. The summed E-state index contributed by atoms with van der Waals surface area (Å²) in [6.07, 6.45) is 1.39. The van der Waals surface area contributed by atoms with Crippen LogP contribution >= 0.6 is 0 Å². The highest BCUT2D eigenvalue weighted by Gasteiger charge is 2.33. The molecule has 0 aromatic carbocycles. The number of nitrogens with zero attached hydrogens (tertiary/aromatic N) is 3. The maximum Gasteiger partial charge on any atom is 0.338 e. The van der Waals surface area contributed by atoms with Gasteiger partial charge in [-0.05, 0) is 18.2 Å². The monoisotopic (exact) mass is 417 g/mol. The predicted molar refractivity (Wildman–Crippen MR) is 100 cm³/mol. The van der Waals surface area contributed by atoms with Gasteiger partial charge in [0.05, 0.1) is 0 Å². The van der Waals surface area contributed by atoms with E-state index in [1.165, 1.54) is 0 Å². The average Bonchev–Trinajstić information content (AvgIpc) is 2.75. The Morgan fingerprint density at radius 3 is 0.900 bits per heavy atom. The van der Waals surface area contributed by atoms with Crippen LogP contribution in [-0.2, 0) is 28.8 Å². The Balaban J connectivity index is 4.34.